The van der Waals surface area contributed by atoms with E-state index in [9.17, 15) is 0 Å². The van der Waals surface area contributed by atoms with E-state index in [1.54, 1.807) is 6.09 Å². The summed E-state index contributed by atoms with van der Waals surface area (Å²) in [4.78, 5) is 4.44. The summed E-state index contributed by atoms with van der Waals surface area (Å²) in [5.41, 5.74) is 0. The van der Waals surface area contributed by atoms with E-state index in [1.165, 1.54) is 0 Å². The van der Waals surface area contributed by atoms with E-state index in [1.807, 2.05) is 0 Å². The van der Waals surface area contributed by atoms with E-state index in [4.69, 9.17) is 7.49 Å². The maximum absolute atomic E-state index is 5.33. The van der Waals surface area contributed by atoms with Crippen LogP contribution in [0.1, 0.15) is 0 Å². The van der Waals surface area contributed by atoms with Crippen molar-refractivity contribution in [2.45, 2.75) is 0 Å². The molecule has 1 aliphatic rings. The van der Waals surface area contributed by atoms with E-state index >= 15 is 0 Å². The topological polar surface area (TPSA) is 6.48 Å². The molecule has 0 N–H and O–H groups in total. The van der Waals surface area contributed by atoms with Crippen molar-refractivity contribution in [3.05, 3.63) is 0 Å². The summed E-state index contributed by atoms with van der Waals surface area (Å²) in [6.07, 6.45) is 1.67. The number of piperazine rings is 1. The minimum atomic E-state index is 1.08. The van der Waals surface area contributed by atoms with Gasteiger partial charge in [-0.15, -0.1) is 0 Å². The molecule has 0 aliphatic carbocycles. The predicted molar refractivity (Wildman–Crippen MR) is 40.9 cm³/mol. The summed E-state index contributed by atoms with van der Waals surface area (Å²) in [5, 5.41) is 0. The van der Waals surface area contributed by atoms with E-state index in [0.29, 0.717) is 0 Å². The second-order valence-corrected chi connectivity index (χ2v) is 2.49. The van der Waals surface area contributed by atoms with E-state index in [0.717, 1.165) is 26.2 Å². The van der Waals surface area contributed by atoms with Crippen LogP contribution < -0.4 is 0 Å². The molecule has 0 saturated carbocycles. The maximum atomic E-state index is 5.33. The fraction of sp³-hybridized carbons (Fsp3) is 0.833. The molecule has 0 bridgehead atoms. The summed E-state index contributed by atoms with van der Waals surface area (Å²) in [7, 11) is 7.46. The molecule has 49 valence electrons. The molecule has 1 radical (unpaired) electrons. The number of nitrogens with zero attached hydrogens (tertiary/aromatic N) is 2. The molecule has 2 nitrogen and oxygen atoms in total. The minimum absolute atomic E-state index is 1.08. The monoisotopic (exact) mass is 123 g/mol. The first-order valence-corrected chi connectivity index (χ1v) is 3.30. The van der Waals surface area contributed by atoms with Gasteiger partial charge in [0, 0.05) is 0 Å². The molecule has 1 aliphatic heterocycles. The van der Waals surface area contributed by atoms with Crippen molar-refractivity contribution in [1.29, 1.82) is 0 Å². The first kappa shape index (κ1) is 6.81. The fourth-order valence-electron chi connectivity index (χ4n) is 0.971. The average molecular weight is 123 g/mol. The van der Waals surface area contributed by atoms with Crippen molar-refractivity contribution < 1.29 is 0 Å². The first-order chi connectivity index (χ1) is 4.33. The average Bonchev–Trinajstić information content (AvgIpc) is 1.90. The molecule has 1 saturated heterocycles. The molecule has 0 amide bonds. The standard InChI is InChI=1S/C6H12BN2/c1-8-2-4-9(6-7)5-3-8/h6H,2-5H2,1H3. The summed E-state index contributed by atoms with van der Waals surface area (Å²) in [6, 6.07) is 0. The van der Waals surface area contributed by atoms with E-state index in [2.05, 4.69) is 16.8 Å². The molecule has 3 heteroatoms. The van der Waals surface area contributed by atoms with Crippen LogP contribution in [0.5, 0.6) is 0 Å². The quantitative estimate of drug-likeness (QED) is 0.419. The Morgan fingerprint density at radius 2 is 1.78 bits per heavy atom. The third-order valence-corrected chi connectivity index (χ3v) is 1.75. The van der Waals surface area contributed by atoms with Gasteiger partial charge in [0.1, 0.15) is 0 Å². The second kappa shape index (κ2) is 3.02. The summed E-state index contributed by atoms with van der Waals surface area (Å²) < 4.78 is 0. The molecule has 0 aromatic carbocycles. The number of hydrogen-bond acceptors (Lipinski definition) is 2. The Balaban J connectivity index is 2.26. The van der Waals surface area contributed by atoms with Crippen molar-refractivity contribution in [1.82, 2.24) is 9.80 Å². The van der Waals surface area contributed by atoms with Gasteiger partial charge in [0.25, 0.3) is 0 Å². The molecule has 0 aromatic rings. The van der Waals surface area contributed by atoms with Crippen LogP contribution in [-0.4, -0.2) is 56.6 Å². The van der Waals surface area contributed by atoms with Crippen LogP contribution in [0.15, 0.2) is 0 Å². The van der Waals surface area contributed by atoms with Gasteiger partial charge in [-0.3, -0.25) is 0 Å². The summed E-state index contributed by atoms with van der Waals surface area (Å²) in [5.74, 6) is 0. The van der Waals surface area contributed by atoms with E-state index in [-0.39, 0.29) is 0 Å². The Morgan fingerprint density at radius 3 is 2.22 bits per heavy atom. The number of rotatable bonds is 1. The number of hydrogen-bond donors (Lipinski definition) is 0. The molecule has 1 fully saturated rings. The van der Waals surface area contributed by atoms with Gasteiger partial charge in [-0.2, -0.15) is 0 Å². The van der Waals surface area contributed by atoms with Gasteiger partial charge in [0.05, 0.1) is 0 Å². The molecule has 0 unspecified atom stereocenters. The fourth-order valence-corrected chi connectivity index (χ4v) is 0.971. The Bertz CT molecular complexity index is 97.2. The van der Waals surface area contributed by atoms with E-state index < -0.39 is 0 Å². The van der Waals surface area contributed by atoms with Crippen LogP contribution in [0.4, 0.5) is 0 Å². The Kier molecular flexibility index (Phi) is 2.28. The van der Waals surface area contributed by atoms with Gasteiger partial charge >= 0.3 is 56.6 Å². The van der Waals surface area contributed by atoms with Gasteiger partial charge in [-0.05, 0) is 0 Å². The van der Waals surface area contributed by atoms with Crippen LogP contribution in [0.25, 0.3) is 0 Å². The normalized spacial score (nSPS) is 22.0. The van der Waals surface area contributed by atoms with Crippen LogP contribution in [0.2, 0.25) is 0 Å². The zero-order chi connectivity index (χ0) is 6.69. The second-order valence-electron chi connectivity index (χ2n) is 2.49. The third kappa shape index (κ3) is 1.82. The Labute approximate surface area is 57.5 Å². The molecule has 0 aromatic heterocycles. The van der Waals surface area contributed by atoms with Crippen molar-refractivity contribution in [3.8, 4) is 0 Å². The van der Waals surface area contributed by atoms with Crippen LogP contribution >= 0.6 is 0 Å². The van der Waals surface area contributed by atoms with Crippen molar-refractivity contribution in [2.75, 3.05) is 33.2 Å². The molecule has 1 rings (SSSR count). The Hall–Kier alpha value is -0.305. The van der Waals surface area contributed by atoms with Crippen LogP contribution in [0.3, 0.4) is 0 Å². The molecule has 0 atom stereocenters. The van der Waals surface area contributed by atoms with Crippen LogP contribution in [-0.2, 0) is 0 Å². The molecule has 0 spiro atoms. The molecule has 9 heavy (non-hydrogen) atoms. The van der Waals surface area contributed by atoms with Gasteiger partial charge in [0.15, 0.2) is 0 Å². The Morgan fingerprint density at radius 1 is 1.22 bits per heavy atom. The van der Waals surface area contributed by atoms with Gasteiger partial charge in [-0.25, -0.2) is 0 Å². The van der Waals surface area contributed by atoms with Gasteiger partial charge in [-0.1, -0.05) is 0 Å². The first-order valence-electron chi connectivity index (χ1n) is 3.30. The predicted octanol–water partition coefficient (Wildman–Crippen LogP) is -0.838. The molecule has 1 heterocycles. The third-order valence-electron chi connectivity index (χ3n) is 1.75. The van der Waals surface area contributed by atoms with Crippen LogP contribution in [0, 0.1) is 0 Å². The summed E-state index contributed by atoms with van der Waals surface area (Å²) in [6.45, 7) is 4.42. The van der Waals surface area contributed by atoms with Gasteiger partial charge < -0.3 is 0 Å². The zero-order valence-corrected chi connectivity index (χ0v) is 5.88. The SMILES string of the molecule is [B]=CN1CCN(C)CC1. The van der Waals surface area contributed by atoms with Crippen molar-refractivity contribution in [3.63, 3.8) is 0 Å². The van der Waals surface area contributed by atoms with Crippen molar-refractivity contribution in [2.24, 2.45) is 0 Å². The molecular formula is C6H12BN2. The zero-order valence-electron chi connectivity index (χ0n) is 5.88. The molecular weight excluding hydrogens is 111 g/mol. The van der Waals surface area contributed by atoms with Crippen molar-refractivity contribution >= 4 is 13.6 Å². The number of likely N-dealkylation sites (N-methyl/N-ethyl adjacent to an activating group) is 1. The van der Waals surface area contributed by atoms with Gasteiger partial charge in [0.2, 0.25) is 0 Å². The summed E-state index contributed by atoms with van der Waals surface area (Å²) >= 11 is 0.